The first-order valence-electron chi connectivity index (χ1n) is 21.0. The largest absolute Gasteiger partial charge is 0.304 e. The molecule has 292 valence electrons. The third-order valence-electron chi connectivity index (χ3n) is 12.2. The number of amidine groups is 1. The van der Waals surface area contributed by atoms with Crippen molar-refractivity contribution in [1.82, 2.24) is 0 Å². The fourth-order valence-corrected chi connectivity index (χ4v) is 19.1. The van der Waals surface area contributed by atoms with E-state index >= 15 is 0 Å². The highest BCUT2D eigenvalue weighted by Crippen LogP contribution is 2.28. The van der Waals surface area contributed by atoms with Gasteiger partial charge in [-0.3, -0.25) is 0 Å². The van der Waals surface area contributed by atoms with Crippen molar-refractivity contribution in [3.05, 3.63) is 266 Å². The number of nitrogens with zero attached hydrogens (tertiary/aromatic N) is 3. The van der Waals surface area contributed by atoms with Gasteiger partial charge in [0.15, 0.2) is 22.0 Å². The van der Waals surface area contributed by atoms with Crippen LogP contribution < -0.4 is 51.4 Å². The summed E-state index contributed by atoms with van der Waals surface area (Å²) in [7, 11) is -5.52. The Bertz CT molecular complexity index is 2680. The van der Waals surface area contributed by atoms with Crippen molar-refractivity contribution < 1.29 is 0 Å². The van der Waals surface area contributed by atoms with Crippen molar-refractivity contribution in [2.45, 2.75) is 0 Å². The van der Waals surface area contributed by atoms with Gasteiger partial charge in [-0.15, -0.1) is 0 Å². The van der Waals surface area contributed by atoms with E-state index in [4.69, 9.17) is 5.10 Å². The number of benzene rings is 9. The molecule has 0 N–H and O–H groups in total. The molecule has 1 aliphatic rings. The van der Waals surface area contributed by atoms with Gasteiger partial charge in [-0.2, -0.15) is 5.10 Å². The van der Waals surface area contributed by atoms with Gasteiger partial charge >= 0.3 is 0 Å². The van der Waals surface area contributed by atoms with E-state index in [-0.39, 0.29) is 0 Å². The highest BCUT2D eigenvalue weighted by atomic mass is 28.3. The lowest BCUT2D eigenvalue weighted by Crippen LogP contribution is -2.74. The maximum Gasteiger partial charge on any atom is 0.179 e. The number of hydrogen-bond donors (Lipinski definition) is 0. The number of hydrogen-bond acceptors (Lipinski definition) is 3. The van der Waals surface area contributed by atoms with Crippen LogP contribution in [0.2, 0.25) is 0 Å². The molecule has 0 aliphatic carbocycles. The summed E-state index contributed by atoms with van der Waals surface area (Å²) in [6.07, 6.45) is 0. The van der Waals surface area contributed by atoms with Crippen molar-refractivity contribution in [2.75, 3.05) is 16.6 Å². The van der Waals surface area contributed by atoms with E-state index in [0.717, 1.165) is 22.8 Å². The molecule has 0 spiro atoms. The quantitative estimate of drug-likeness (QED) is 0.103. The molecule has 0 unspecified atom stereocenters. The molecule has 0 saturated carbocycles. The van der Waals surface area contributed by atoms with Crippen LogP contribution in [0, 0.1) is 0 Å². The SMILES string of the molecule is c1ccc(C2=NN(c3cccc([Si](c4ccccc4)(c4ccccc4)c4ccccc4)c3)CN2c2cccc([Si](c3ccccc3)(c3ccccc3)c3ccccc3)c2)cc1. The molecule has 0 fully saturated rings. The lowest BCUT2D eigenvalue weighted by Gasteiger charge is -2.35. The first-order valence-corrected chi connectivity index (χ1v) is 25.0. The summed E-state index contributed by atoms with van der Waals surface area (Å²) in [6.45, 7) is 0.560. The molecule has 1 aliphatic heterocycles. The monoisotopic (exact) mass is 815 g/mol. The Hall–Kier alpha value is -7.32. The van der Waals surface area contributed by atoms with E-state index in [2.05, 4.69) is 271 Å². The summed E-state index contributed by atoms with van der Waals surface area (Å²) in [6, 6.07) is 95.9. The Kier molecular flexibility index (Phi) is 10.4. The summed E-state index contributed by atoms with van der Waals surface area (Å²) < 4.78 is 0. The van der Waals surface area contributed by atoms with Gasteiger partial charge in [0.05, 0.1) is 5.69 Å². The van der Waals surface area contributed by atoms with E-state index in [0.29, 0.717) is 6.67 Å². The van der Waals surface area contributed by atoms with Gasteiger partial charge < -0.3 is 4.90 Å². The molecule has 0 aromatic heterocycles. The maximum absolute atomic E-state index is 5.50. The van der Waals surface area contributed by atoms with Gasteiger partial charge in [-0.1, -0.05) is 237 Å². The molecular formula is C56H45N3Si2. The minimum absolute atomic E-state index is 0.560. The second-order valence-electron chi connectivity index (χ2n) is 15.6. The molecule has 3 nitrogen and oxygen atoms in total. The molecular weight excluding hydrogens is 771 g/mol. The van der Waals surface area contributed by atoms with Crippen LogP contribution in [0.3, 0.4) is 0 Å². The van der Waals surface area contributed by atoms with Crippen molar-refractivity contribution in [3.63, 3.8) is 0 Å². The van der Waals surface area contributed by atoms with Gasteiger partial charge in [0.25, 0.3) is 0 Å². The van der Waals surface area contributed by atoms with Gasteiger partial charge in [0.1, 0.15) is 6.67 Å². The second-order valence-corrected chi connectivity index (χ2v) is 23.2. The normalized spacial score (nSPS) is 12.9. The van der Waals surface area contributed by atoms with E-state index in [1.807, 2.05) is 0 Å². The Morgan fingerprint density at radius 2 is 0.590 bits per heavy atom. The summed E-state index contributed by atoms with van der Waals surface area (Å²) in [5.41, 5.74) is 3.25. The van der Waals surface area contributed by atoms with Crippen molar-refractivity contribution in [2.24, 2.45) is 5.10 Å². The topological polar surface area (TPSA) is 18.8 Å². The van der Waals surface area contributed by atoms with Gasteiger partial charge in [-0.05, 0) is 65.8 Å². The average molecular weight is 816 g/mol. The molecule has 0 bridgehead atoms. The molecule has 0 saturated heterocycles. The maximum atomic E-state index is 5.50. The standard InChI is InChI=1S/C56H45N3Si2/c1-8-24-45(25-9-1)56-57-59(47-27-23-41-55(43-47)61(51-34-16-5-17-35-51,52-36-18-6-19-37-52)53-38-20-7-21-39-53)44-58(56)46-26-22-40-54(42-46)60(48-28-10-2-11-29-48,49-30-12-3-13-31-49)50-32-14-4-15-33-50/h1-43H,44H2. The highest BCUT2D eigenvalue weighted by Gasteiger charge is 2.43. The molecule has 61 heavy (non-hydrogen) atoms. The minimum atomic E-state index is -2.77. The van der Waals surface area contributed by atoms with E-state index in [9.17, 15) is 0 Å². The molecule has 10 rings (SSSR count). The lowest BCUT2D eigenvalue weighted by atomic mass is 10.2. The lowest BCUT2D eigenvalue weighted by molar-refractivity contribution is 0.913. The summed E-state index contributed by atoms with van der Waals surface area (Å²) >= 11 is 0. The van der Waals surface area contributed by atoms with Gasteiger partial charge in [0.2, 0.25) is 0 Å². The van der Waals surface area contributed by atoms with Crippen LogP contribution in [0.25, 0.3) is 0 Å². The number of anilines is 2. The van der Waals surface area contributed by atoms with Crippen LogP contribution in [0.1, 0.15) is 5.56 Å². The zero-order valence-electron chi connectivity index (χ0n) is 33.9. The van der Waals surface area contributed by atoms with Crippen LogP contribution in [0.4, 0.5) is 11.4 Å². The number of hydrazone groups is 1. The first kappa shape index (κ1) is 37.9. The molecule has 0 amide bonds. The van der Waals surface area contributed by atoms with Crippen LogP contribution in [0.5, 0.6) is 0 Å². The fraction of sp³-hybridized carbons (Fsp3) is 0.0179. The zero-order valence-corrected chi connectivity index (χ0v) is 35.9. The average Bonchev–Trinajstić information content (AvgIpc) is 3.81. The molecule has 0 atom stereocenters. The molecule has 9 aromatic rings. The molecule has 5 heteroatoms. The van der Waals surface area contributed by atoms with Crippen LogP contribution in [-0.4, -0.2) is 28.7 Å². The Labute approximate surface area is 361 Å². The predicted molar refractivity (Wildman–Crippen MR) is 263 cm³/mol. The summed E-state index contributed by atoms with van der Waals surface area (Å²) in [5, 5.41) is 18.4. The molecule has 0 radical (unpaired) electrons. The van der Waals surface area contributed by atoms with Crippen LogP contribution >= 0.6 is 0 Å². The van der Waals surface area contributed by atoms with Crippen LogP contribution in [0.15, 0.2) is 266 Å². The Morgan fingerprint density at radius 1 is 0.295 bits per heavy atom. The van der Waals surface area contributed by atoms with Crippen molar-refractivity contribution >= 4 is 74.9 Å². The number of rotatable bonds is 11. The van der Waals surface area contributed by atoms with Gasteiger partial charge in [0, 0.05) is 11.3 Å². The smallest absolute Gasteiger partial charge is 0.179 e. The molecule has 1 heterocycles. The van der Waals surface area contributed by atoms with E-state index in [1.54, 1.807) is 0 Å². The summed E-state index contributed by atoms with van der Waals surface area (Å²) in [4.78, 5) is 2.39. The Balaban J connectivity index is 1.13. The second kappa shape index (κ2) is 16.7. The first-order chi connectivity index (χ1) is 30.3. The fourth-order valence-electron chi connectivity index (χ4n) is 9.48. The summed E-state index contributed by atoms with van der Waals surface area (Å²) in [5.74, 6) is 0.923. The third-order valence-corrected chi connectivity index (χ3v) is 21.7. The predicted octanol–water partition coefficient (Wildman–Crippen LogP) is 7.09. The molecule has 9 aromatic carbocycles. The van der Waals surface area contributed by atoms with E-state index in [1.165, 1.54) is 41.5 Å². The zero-order chi connectivity index (χ0) is 40.9. The van der Waals surface area contributed by atoms with Crippen LogP contribution in [-0.2, 0) is 0 Å². The van der Waals surface area contributed by atoms with Crippen molar-refractivity contribution in [1.29, 1.82) is 0 Å². The third kappa shape index (κ3) is 6.84. The van der Waals surface area contributed by atoms with Crippen molar-refractivity contribution in [3.8, 4) is 0 Å². The van der Waals surface area contributed by atoms with Gasteiger partial charge in [-0.25, -0.2) is 5.01 Å². The minimum Gasteiger partial charge on any atom is -0.304 e. The Morgan fingerprint density at radius 3 is 0.951 bits per heavy atom. The van der Waals surface area contributed by atoms with E-state index < -0.39 is 16.1 Å². The highest BCUT2D eigenvalue weighted by molar-refractivity contribution is 7.20.